The molecule has 6 rings (SSSR count). The molecule has 168 valence electrons. The van der Waals surface area contributed by atoms with Crippen LogP contribution >= 0.6 is 0 Å². The number of benzene rings is 1. The molecule has 1 amide bonds. The Morgan fingerprint density at radius 1 is 1.00 bits per heavy atom. The Balaban J connectivity index is 1.14. The Kier molecular flexibility index (Phi) is 5.88. The highest BCUT2D eigenvalue weighted by Crippen LogP contribution is 2.52. The van der Waals surface area contributed by atoms with E-state index in [1.165, 1.54) is 42.1 Å². The number of nitrogens with one attached hydrogen (secondary N) is 1. The van der Waals surface area contributed by atoms with Crippen molar-refractivity contribution in [1.29, 1.82) is 0 Å². The molecule has 4 saturated carbocycles. The van der Waals surface area contributed by atoms with Crippen LogP contribution in [0.5, 0.6) is 0 Å². The third kappa shape index (κ3) is 4.43. The summed E-state index contributed by atoms with van der Waals surface area (Å²) in [5.74, 6) is 2.85. The highest BCUT2D eigenvalue weighted by molar-refractivity contribution is 7.89. The second-order valence-corrected chi connectivity index (χ2v) is 11.5. The molecule has 7 nitrogen and oxygen atoms in total. The number of hydrogen-bond donors (Lipinski definition) is 1. The largest absolute Gasteiger partial charge is 0.379 e. The van der Waals surface area contributed by atoms with E-state index in [-0.39, 0.29) is 10.8 Å². The van der Waals surface area contributed by atoms with Gasteiger partial charge in [0.25, 0.3) is 0 Å². The molecule has 4 aliphatic carbocycles. The van der Waals surface area contributed by atoms with Crippen LogP contribution < -0.4 is 5.43 Å². The second kappa shape index (κ2) is 8.64. The van der Waals surface area contributed by atoms with Crippen LogP contribution in [-0.4, -0.2) is 50.6 Å². The monoisotopic (exact) mass is 445 g/mol. The normalized spacial score (nSPS) is 30.4. The van der Waals surface area contributed by atoms with Crippen LogP contribution in [0, 0.1) is 23.7 Å². The van der Waals surface area contributed by atoms with E-state index in [1.54, 1.807) is 24.3 Å². The van der Waals surface area contributed by atoms with Crippen molar-refractivity contribution in [2.24, 2.45) is 28.8 Å². The number of hydrogen-bond acceptors (Lipinski definition) is 5. The summed E-state index contributed by atoms with van der Waals surface area (Å²) in [4.78, 5) is 12.6. The van der Waals surface area contributed by atoms with Crippen LogP contribution in [0.25, 0.3) is 0 Å². The first-order valence-corrected chi connectivity index (χ1v) is 13.0. The van der Waals surface area contributed by atoms with Crippen LogP contribution in [0.15, 0.2) is 34.3 Å². The predicted molar refractivity (Wildman–Crippen MR) is 117 cm³/mol. The van der Waals surface area contributed by atoms with Gasteiger partial charge in [-0.3, -0.25) is 4.79 Å². The molecule has 5 fully saturated rings. The summed E-state index contributed by atoms with van der Waals surface area (Å²) >= 11 is 0. The number of sulfonamides is 1. The fourth-order valence-electron chi connectivity index (χ4n) is 6.05. The summed E-state index contributed by atoms with van der Waals surface area (Å²) in [7, 11) is -3.48. The van der Waals surface area contributed by atoms with Crippen LogP contribution in [-0.2, 0) is 26.0 Å². The van der Waals surface area contributed by atoms with Crippen LogP contribution in [0.2, 0.25) is 0 Å². The fourth-order valence-corrected chi connectivity index (χ4v) is 7.46. The third-order valence-corrected chi connectivity index (χ3v) is 9.37. The second-order valence-electron chi connectivity index (χ2n) is 9.54. The molecule has 1 aromatic rings. The van der Waals surface area contributed by atoms with Gasteiger partial charge in [-0.1, -0.05) is 12.1 Å². The number of morpholine rings is 1. The van der Waals surface area contributed by atoms with Gasteiger partial charge in [-0.15, -0.1) is 0 Å². The Bertz CT molecular complexity index is 922. The molecule has 1 saturated heterocycles. The Morgan fingerprint density at radius 3 is 2.23 bits per heavy atom. The molecule has 31 heavy (non-hydrogen) atoms. The van der Waals surface area contributed by atoms with E-state index in [0.717, 1.165) is 17.4 Å². The topological polar surface area (TPSA) is 88.1 Å². The van der Waals surface area contributed by atoms with Crippen molar-refractivity contribution in [3.63, 3.8) is 0 Å². The average molecular weight is 446 g/mol. The van der Waals surface area contributed by atoms with Gasteiger partial charge in [0.1, 0.15) is 0 Å². The lowest BCUT2D eigenvalue weighted by Crippen LogP contribution is -2.46. The Morgan fingerprint density at radius 2 is 1.61 bits per heavy atom. The molecule has 8 heteroatoms. The van der Waals surface area contributed by atoms with Gasteiger partial charge in [-0.2, -0.15) is 9.41 Å². The molecule has 0 unspecified atom stereocenters. The summed E-state index contributed by atoms with van der Waals surface area (Å²) in [5, 5.41) is 4.56. The summed E-state index contributed by atoms with van der Waals surface area (Å²) in [6, 6.07) is 6.86. The zero-order valence-electron chi connectivity index (χ0n) is 17.8. The standard InChI is InChI=1S/C23H31N3O4S/c27-22(24-25-23-19-12-17-11-18(14-19)15-20(23)13-17)6-3-16-1-4-21(5-2-16)31(28,29)26-7-9-30-10-8-26/h1-2,4-5,17-20H,3,6-15H2,(H,24,27). The van der Waals surface area contributed by atoms with Crippen molar-refractivity contribution in [1.82, 2.24) is 9.73 Å². The lowest BCUT2D eigenvalue weighted by molar-refractivity contribution is -0.121. The minimum absolute atomic E-state index is 0.0775. The molecule has 0 atom stereocenters. The smallest absolute Gasteiger partial charge is 0.243 e. The SMILES string of the molecule is O=C(CCc1ccc(S(=O)(=O)N2CCOCC2)cc1)NN=C1C2CC3CC(C2)CC1C3. The maximum absolute atomic E-state index is 12.7. The van der Waals surface area contributed by atoms with Crippen LogP contribution in [0.3, 0.4) is 0 Å². The Hall–Kier alpha value is -1.77. The van der Waals surface area contributed by atoms with Crippen molar-refractivity contribution in [3.8, 4) is 0 Å². The van der Waals surface area contributed by atoms with E-state index in [1.807, 2.05) is 0 Å². The summed E-state index contributed by atoms with van der Waals surface area (Å²) < 4.78 is 32.1. The van der Waals surface area contributed by atoms with Crippen LogP contribution in [0.1, 0.15) is 44.1 Å². The molecule has 0 aromatic heterocycles. The minimum atomic E-state index is -3.48. The first-order valence-electron chi connectivity index (χ1n) is 11.5. The molecule has 1 aliphatic heterocycles. The van der Waals surface area contributed by atoms with Gasteiger partial charge in [0.2, 0.25) is 15.9 Å². The van der Waals surface area contributed by atoms with Crippen molar-refractivity contribution < 1.29 is 17.9 Å². The number of ether oxygens (including phenoxy) is 1. The molecule has 1 aromatic carbocycles. The minimum Gasteiger partial charge on any atom is -0.379 e. The van der Waals surface area contributed by atoms with E-state index in [0.29, 0.717) is 51.0 Å². The summed E-state index contributed by atoms with van der Waals surface area (Å²) in [5.41, 5.74) is 4.97. The zero-order valence-corrected chi connectivity index (χ0v) is 18.6. The predicted octanol–water partition coefficient (Wildman–Crippen LogP) is 2.57. The quantitative estimate of drug-likeness (QED) is 0.682. The number of carbonyl (C=O) groups is 1. The van der Waals surface area contributed by atoms with Gasteiger partial charge < -0.3 is 4.74 Å². The Labute approximate surface area is 184 Å². The van der Waals surface area contributed by atoms with Gasteiger partial charge in [0.05, 0.1) is 18.1 Å². The van der Waals surface area contributed by atoms with Crippen molar-refractivity contribution in [3.05, 3.63) is 29.8 Å². The molecular weight excluding hydrogens is 414 g/mol. The van der Waals surface area contributed by atoms with Gasteiger partial charge in [0.15, 0.2) is 0 Å². The summed E-state index contributed by atoms with van der Waals surface area (Å²) in [6.45, 7) is 1.63. The van der Waals surface area contributed by atoms with Gasteiger partial charge in [-0.05, 0) is 79.9 Å². The van der Waals surface area contributed by atoms with E-state index >= 15 is 0 Å². The number of hydrazone groups is 1. The van der Waals surface area contributed by atoms with E-state index in [2.05, 4.69) is 10.5 Å². The highest BCUT2D eigenvalue weighted by Gasteiger charge is 2.46. The number of nitrogens with zero attached hydrogens (tertiary/aromatic N) is 2. The number of carbonyl (C=O) groups excluding carboxylic acids is 1. The number of amides is 1. The maximum Gasteiger partial charge on any atom is 0.243 e. The van der Waals surface area contributed by atoms with E-state index < -0.39 is 10.0 Å². The zero-order chi connectivity index (χ0) is 21.4. The first kappa shape index (κ1) is 21.1. The fraction of sp³-hybridized carbons (Fsp3) is 0.652. The average Bonchev–Trinajstić information content (AvgIpc) is 2.77. The summed E-state index contributed by atoms with van der Waals surface area (Å²) in [6.07, 6.45) is 7.31. The molecule has 0 spiro atoms. The van der Waals surface area contributed by atoms with Crippen LogP contribution in [0.4, 0.5) is 0 Å². The molecule has 4 bridgehead atoms. The third-order valence-electron chi connectivity index (χ3n) is 7.46. The van der Waals surface area contributed by atoms with Gasteiger partial charge in [0, 0.05) is 25.2 Å². The molecule has 0 radical (unpaired) electrons. The van der Waals surface area contributed by atoms with Gasteiger partial charge in [-0.25, -0.2) is 13.8 Å². The molecule has 1 heterocycles. The van der Waals surface area contributed by atoms with E-state index in [9.17, 15) is 13.2 Å². The van der Waals surface area contributed by atoms with Crippen molar-refractivity contribution in [2.75, 3.05) is 26.3 Å². The first-order chi connectivity index (χ1) is 15.0. The molecule has 5 aliphatic rings. The highest BCUT2D eigenvalue weighted by atomic mass is 32.2. The number of rotatable bonds is 6. The molecular formula is C23H31N3O4S. The number of aryl methyl sites for hydroxylation is 1. The lowest BCUT2D eigenvalue weighted by Gasteiger charge is -2.50. The van der Waals surface area contributed by atoms with E-state index in [4.69, 9.17) is 4.74 Å². The van der Waals surface area contributed by atoms with Crippen molar-refractivity contribution in [2.45, 2.75) is 49.8 Å². The molecule has 1 N–H and O–H groups in total. The van der Waals surface area contributed by atoms with Crippen molar-refractivity contribution >= 4 is 21.6 Å². The maximum atomic E-state index is 12.7. The lowest BCUT2D eigenvalue weighted by atomic mass is 9.55. The van der Waals surface area contributed by atoms with Gasteiger partial charge >= 0.3 is 0 Å².